The molecule has 6 aromatic rings. The van der Waals surface area contributed by atoms with Crippen LogP contribution in [-0.2, 0) is 0 Å². The minimum atomic E-state index is -0.277. The van der Waals surface area contributed by atoms with E-state index < -0.39 is 0 Å². The Morgan fingerprint density at radius 3 is 1.82 bits per heavy atom. The van der Waals surface area contributed by atoms with Crippen molar-refractivity contribution < 1.29 is 0 Å². The highest BCUT2D eigenvalue weighted by molar-refractivity contribution is 6.14. The molecule has 1 unspecified atom stereocenters. The number of nitrogens with zero attached hydrogens (tertiary/aromatic N) is 4. The summed E-state index contributed by atoms with van der Waals surface area (Å²) < 4.78 is 0. The molecule has 0 saturated heterocycles. The number of hydrogen-bond acceptors (Lipinski definition) is 5. The molecule has 0 saturated carbocycles. The van der Waals surface area contributed by atoms with E-state index in [4.69, 9.17) is 9.98 Å². The monoisotopic (exact) mass is 517 g/mol. The van der Waals surface area contributed by atoms with Gasteiger partial charge in [0.1, 0.15) is 12.0 Å². The Morgan fingerprint density at radius 1 is 0.550 bits per heavy atom. The summed E-state index contributed by atoms with van der Waals surface area (Å²) in [6.07, 6.45) is -0.277. The molecule has 0 radical (unpaired) electrons. The van der Waals surface area contributed by atoms with Crippen molar-refractivity contribution in [1.82, 2.24) is 15.3 Å². The molecule has 1 aliphatic heterocycles. The van der Waals surface area contributed by atoms with Crippen LogP contribution in [0.3, 0.4) is 0 Å². The fourth-order valence-corrected chi connectivity index (χ4v) is 5.23. The van der Waals surface area contributed by atoms with E-state index in [2.05, 4.69) is 112 Å². The molecule has 40 heavy (non-hydrogen) atoms. The largest absolute Gasteiger partial charge is 0.344 e. The fourth-order valence-electron chi connectivity index (χ4n) is 5.23. The molecule has 1 N–H and O–H groups in total. The highest BCUT2D eigenvalue weighted by atomic mass is 15.2. The Balaban J connectivity index is 1.31. The molecule has 5 aromatic carbocycles. The number of hydrogen-bond donors (Lipinski definition) is 1. The van der Waals surface area contributed by atoms with Gasteiger partial charge in [-0.25, -0.2) is 20.0 Å². The summed E-state index contributed by atoms with van der Waals surface area (Å²) in [5, 5.41) is 8.38. The number of fused-ring (bicyclic) bond motifs is 2. The maximum Gasteiger partial charge on any atom is 0.159 e. The number of amidine groups is 2. The molecule has 0 amide bonds. The van der Waals surface area contributed by atoms with Crippen molar-refractivity contribution in [2.75, 3.05) is 0 Å². The first kappa shape index (κ1) is 23.9. The first-order valence-corrected chi connectivity index (χ1v) is 13.4. The van der Waals surface area contributed by atoms with E-state index in [0.29, 0.717) is 5.84 Å². The molecule has 192 valence electrons. The summed E-state index contributed by atoms with van der Waals surface area (Å²) in [6.45, 7) is 3.98. The molecular formula is C35H27N5. The zero-order chi connectivity index (χ0) is 27.1. The van der Waals surface area contributed by atoms with Crippen LogP contribution in [0, 0.1) is 13.8 Å². The van der Waals surface area contributed by atoms with Gasteiger partial charge in [-0.15, -0.1) is 0 Å². The van der Waals surface area contributed by atoms with Crippen LogP contribution in [0.1, 0.15) is 34.2 Å². The zero-order valence-corrected chi connectivity index (χ0v) is 22.3. The lowest BCUT2D eigenvalue weighted by Gasteiger charge is -2.24. The van der Waals surface area contributed by atoms with Gasteiger partial charge in [0.2, 0.25) is 0 Å². The molecule has 1 atom stereocenters. The molecule has 2 heterocycles. The van der Waals surface area contributed by atoms with Crippen LogP contribution < -0.4 is 5.32 Å². The van der Waals surface area contributed by atoms with E-state index in [1.165, 1.54) is 21.5 Å². The van der Waals surface area contributed by atoms with Gasteiger partial charge in [-0.3, -0.25) is 0 Å². The third-order valence-corrected chi connectivity index (χ3v) is 7.24. The number of aromatic nitrogens is 2. The summed E-state index contributed by atoms with van der Waals surface area (Å²) in [5.41, 5.74) is 5.93. The van der Waals surface area contributed by atoms with Crippen LogP contribution in [0.2, 0.25) is 0 Å². The van der Waals surface area contributed by atoms with Gasteiger partial charge in [0, 0.05) is 28.1 Å². The molecule has 0 bridgehead atoms. The van der Waals surface area contributed by atoms with Gasteiger partial charge in [-0.2, -0.15) is 0 Å². The Labute approximate surface area is 233 Å². The van der Waals surface area contributed by atoms with Crippen molar-refractivity contribution in [3.63, 3.8) is 0 Å². The zero-order valence-electron chi connectivity index (χ0n) is 22.3. The minimum Gasteiger partial charge on any atom is -0.344 e. The van der Waals surface area contributed by atoms with Crippen molar-refractivity contribution in [3.8, 4) is 11.4 Å². The normalized spacial score (nSPS) is 15.0. The lowest BCUT2D eigenvalue weighted by molar-refractivity contribution is 0.675. The second-order valence-corrected chi connectivity index (χ2v) is 10.2. The molecule has 0 fully saturated rings. The van der Waals surface area contributed by atoms with Crippen molar-refractivity contribution >= 4 is 33.2 Å². The van der Waals surface area contributed by atoms with Crippen LogP contribution in [0.15, 0.2) is 125 Å². The first-order valence-electron chi connectivity index (χ1n) is 13.4. The second kappa shape index (κ2) is 9.86. The van der Waals surface area contributed by atoms with Crippen LogP contribution >= 0.6 is 0 Å². The van der Waals surface area contributed by atoms with Gasteiger partial charge in [0.15, 0.2) is 11.7 Å². The molecule has 0 aliphatic carbocycles. The maximum atomic E-state index is 5.08. The first-order chi connectivity index (χ1) is 19.6. The summed E-state index contributed by atoms with van der Waals surface area (Å²) in [7, 11) is 0. The van der Waals surface area contributed by atoms with Gasteiger partial charge in [0.25, 0.3) is 0 Å². The van der Waals surface area contributed by atoms with E-state index in [-0.39, 0.29) is 6.17 Å². The van der Waals surface area contributed by atoms with E-state index in [0.717, 1.165) is 45.3 Å². The third-order valence-electron chi connectivity index (χ3n) is 7.24. The quantitative estimate of drug-likeness (QED) is 0.262. The summed E-state index contributed by atoms with van der Waals surface area (Å²) in [6, 6.07) is 39.9. The maximum absolute atomic E-state index is 5.08. The van der Waals surface area contributed by atoms with Crippen LogP contribution in [0.5, 0.6) is 0 Å². The predicted molar refractivity (Wildman–Crippen MR) is 164 cm³/mol. The highest BCUT2D eigenvalue weighted by Crippen LogP contribution is 2.27. The van der Waals surface area contributed by atoms with Crippen molar-refractivity contribution in [3.05, 3.63) is 143 Å². The van der Waals surface area contributed by atoms with E-state index in [1.807, 2.05) is 32.0 Å². The standard InChI is InChI=1S/C35H27N5/c1-22-19-23(2)37-32(36-22)26-13-15-27(16-14-26)33-38-34(30-17-11-24-7-3-5-9-28(24)20-30)40-35(39-33)31-18-12-25-8-4-6-10-29(25)21-31/h3-21,34H,1-2H3,(H,38,39,40). The summed E-state index contributed by atoms with van der Waals surface area (Å²) in [4.78, 5) is 19.3. The molecule has 7 rings (SSSR count). The molecule has 5 heteroatoms. The molecular weight excluding hydrogens is 490 g/mol. The highest BCUT2D eigenvalue weighted by Gasteiger charge is 2.21. The van der Waals surface area contributed by atoms with Gasteiger partial charge in [-0.1, -0.05) is 97.1 Å². The lowest BCUT2D eigenvalue weighted by atomic mass is 10.0. The smallest absolute Gasteiger partial charge is 0.159 e. The molecule has 0 spiro atoms. The number of aryl methyl sites for hydroxylation is 2. The number of nitrogens with one attached hydrogen (secondary N) is 1. The third kappa shape index (κ3) is 4.63. The Kier molecular flexibility index (Phi) is 5.90. The summed E-state index contributed by atoms with van der Waals surface area (Å²) in [5.74, 6) is 2.22. The average Bonchev–Trinajstić information content (AvgIpc) is 3.00. The fraction of sp³-hybridized carbons (Fsp3) is 0.0857. The van der Waals surface area contributed by atoms with E-state index in [9.17, 15) is 0 Å². The second-order valence-electron chi connectivity index (χ2n) is 10.2. The molecule has 1 aliphatic rings. The minimum absolute atomic E-state index is 0.277. The Hall–Kier alpha value is -5.16. The van der Waals surface area contributed by atoms with Crippen molar-refractivity contribution in [2.24, 2.45) is 9.98 Å². The van der Waals surface area contributed by atoms with Crippen molar-refractivity contribution in [2.45, 2.75) is 20.0 Å². The van der Waals surface area contributed by atoms with Crippen LogP contribution in [-0.4, -0.2) is 21.6 Å². The number of rotatable bonds is 4. The van der Waals surface area contributed by atoms with Gasteiger partial charge in [-0.05, 0) is 59.2 Å². The predicted octanol–water partition coefficient (Wildman–Crippen LogP) is 7.56. The summed E-state index contributed by atoms with van der Waals surface area (Å²) >= 11 is 0. The van der Waals surface area contributed by atoms with E-state index in [1.54, 1.807) is 0 Å². The molecule has 5 nitrogen and oxygen atoms in total. The molecule has 1 aromatic heterocycles. The van der Waals surface area contributed by atoms with Gasteiger partial charge >= 0.3 is 0 Å². The lowest BCUT2D eigenvalue weighted by Crippen LogP contribution is -2.33. The van der Waals surface area contributed by atoms with Crippen molar-refractivity contribution in [1.29, 1.82) is 0 Å². The number of benzene rings is 5. The average molecular weight is 518 g/mol. The Morgan fingerprint density at radius 2 is 1.12 bits per heavy atom. The van der Waals surface area contributed by atoms with Crippen LogP contribution in [0.25, 0.3) is 32.9 Å². The van der Waals surface area contributed by atoms with Crippen LogP contribution in [0.4, 0.5) is 0 Å². The number of aliphatic imine (C=N–C) groups is 2. The van der Waals surface area contributed by atoms with E-state index >= 15 is 0 Å². The SMILES string of the molecule is Cc1cc(C)nc(-c2ccc(C3=NC(c4ccc5ccccc5c4)NC(c4ccc5ccccc5c4)=N3)cc2)n1. The van der Waals surface area contributed by atoms with Gasteiger partial charge < -0.3 is 5.32 Å². The van der Waals surface area contributed by atoms with Gasteiger partial charge in [0.05, 0.1) is 0 Å². The topological polar surface area (TPSA) is 62.5 Å². The Bertz CT molecular complexity index is 1930.